The highest BCUT2D eigenvalue weighted by atomic mass is 16.6. The predicted octanol–water partition coefficient (Wildman–Crippen LogP) is -4.35. The van der Waals surface area contributed by atoms with Crippen LogP contribution in [0, 0.1) is 0 Å². The summed E-state index contributed by atoms with van der Waals surface area (Å²) in [5.74, 6) is -3.92. The second-order valence-corrected chi connectivity index (χ2v) is 4.56. The maximum absolute atomic E-state index is 11.2. The maximum Gasteiger partial charge on any atom is 0.320 e. The molecule has 7 N–H and O–H groups in total. The van der Waals surface area contributed by atoms with Crippen molar-refractivity contribution >= 4 is 23.9 Å². The molecule has 144 valence electrons. The van der Waals surface area contributed by atoms with Crippen LogP contribution in [0.2, 0.25) is 0 Å². The van der Waals surface area contributed by atoms with E-state index in [0.29, 0.717) is 0 Å². The van der Waals surface area contributed by atoms with E-state index in [1.54, 1.807) is 0 Å². The number of aliphatic hydroxyl groups is 2. The molecule has 0 radical (unpaired) electrons. The SMILES string of the molecule is O=C(O)CNCC(=O)OCC(O)NC(O)COC(=O)CNCC(=O)O. The molecule has 0 aromatic rings. The number of hydrogen-bond donors (Lipinski definition) is 7. The molecule has 0 aliphatic heterocycles. The van der Waals surface area contributed by atoms with Gasteiger partial charge in [0.25, 0.3) is 0 Å². The Morgan fingerprint density at radius 3 is 1.40 bits per heavy atom. The summed E-state index contributed by atoms with van der Waals surface area (Å²) in [6, 6.07) is 0. The van der Waals surface area contributed by atoms with Gasteiger partial charge in [0.05, 0.1) is 26.2 Å². The Balaban J connectivity index is 3.78. The lowest BCUT2D eigenvalue weighted by molar-refractivity contribution is -0.149. The summed E-state index contributed by atoms with van der Waals surface area (Å²) in [6.07, 6.45) is -2.91. The van der Waals surface area contributed by atoms with Gasteiger partial charge < -0.3 is 29.9 Å². The van der Waals surface area contributed by atoms with Gasteiger partial charge in [-0.2, -0.15) is 0 Å². The van der Waals surface area contributed by atoms with Gasteiger partial charge in [-0.15, -0.1) is 0 Å². The van der Waals surface area contributed by atoms with E-state index in [1.165, 1.54) is 0 Å². The summed E-state index contributed by atoms with van der Waals surface area (Å²) in [4.78, 5) is 42.8. The van der Waals surface area contributed by atoms with Crippen LogP contribution in [0.25, 0.3) is 0 Å². The largest absolute Gasteiger partial charge is 0.480 e. The van der Waals surface area contributed by atoms with Crippen LogP contribution in [-0.2, 0) is 28.7 Å². The van der Waals surface area contributed by atoms with Gasteiger partial charge in [-0.25, -0.2) is 0 Å². The third-order valence-electron chi connectivity index (χ3n) is 2.28. The van der Waals surface area contributed by atoms with Crippen molar-refractivity contribution in [1.29, 1.82) is 0 Å². The van der Waals surface area contributed by atoms with E-state index in [4.69, 9.17) is 10.2 Å². The van der Waals surface area contributed by atoms with Crippen molar-refractivity contribution < 1.29 is 49.1 Å². The lowest BCUT2D eigenvalue weighted by Crippen LogP contribution is -2.45. The van der Waals surface area contributed by atoms with Crippen molar-refractivity contribution in [3.05, 3.63) is 0 Å². The van der Waals surface area contributed by atoms with Crippen LogP contribution in [0.4, 0.5) is 0 Å². The molecule has 0 aromatic heterocycles. The number of aliphatic hydroxyl groups excluding tert-OH is 2. The van der Waals surface area contributed by atoms with Gasteiger partial charge in [0.2, 0.25) is 0 Å². The summed E-state index contributed by atoms with van der Waals surface area (Å²) >= 11 is 0. The average Bonchev–Trinajstić information content (AvgIpc) is 2.50. The summed E-state index contributed by atoms with van der Waals surface area (Å²) in [6.45, 7) is -2.66. The zero-order chi connectivity index (χ0) is 19.2. The fourth-order valence-corrected chi connectivity index (χ4v) is 1.31. The zero-order valence-electron chi connectivity index (χ0n) is 13.1. The predicted molar refractivity (Wildman–Crippen MR) is 78.1 cm³/mol. The van der Waals surface area contributed by atoms with Gasteiger partial charge in [-0.3, -0.25) is 35.1 Å². The Labute approximate surface area is 141 Å². The van der Waals surface area contributed by atoms with E-state index >= 15 is 0 Å². The maximum atomic E-state index is 11.2. The Bertz CT molecular complexity index is 418. The number of ether oxygens (including phenoxy) is 2. The molecule has 0 aliphatic rings. The molecule has 0 aromatic carbocycles. The minimum absolute atomic E-state index is 0.372. The first-order valence-electron chi connectivity index (χ1n) is 6.99. The third-order valence-corrected chi connectivity index (χ3v) is 2.28. The highest BCUT2D eigenvalue weighted by molar-refractivity contribution is 5.74. The van der Waals surface area contributed by atoms with Crippen LogP contribution in [-0.4, -0.2) is 96.2 Å². The second kappa shape index (κ2) is 13.0. The smallest absolute Gasteiger partial charge is 0.320 e. The summed E-state index contributed by atoms with van der Waals surface area (Å²) < 4.78 is 9.19. The number of aliphatic carboxylic acids is 2. The van der Waals surface area contributed by atoms with Crippen LogP contribution >= 0.6 is 0 Å². The second-order valence-electron chi connectivity index (χ2n) is 4.56. The first-order chi connectivity index (χ1) is 11.7. The minimum atomic E-state index is -1.46. The number of carbonyl (C=O) groups excluding carboxylic acids is 2. The molecule has 0 rings (SSSR count). The van der Waals surface area contributed by atoms with Crippen molar-refractivity contribution in [2.75, 3.05) is 39.4 Å². The fourth-order valence-electron chi connectivity index (χ4n) is 1.31. The molecule has 0 bridgehead atoms. The molecule has 0 aliphatic carbocycles. The molecule has 0 saturated carbocycles. The van der Waals surface area contributed by atoms with E-state index < -0.39 is 62.6 Å². The van der Waals surface area contributed by atoms with E-state index in [0.717, 1.165) is 0 Å². The molecular formula is C12H21N3O10. The average molecular weight is 367 g/mol. The van der Waals surface area contributed by atoms with Crippen LogP contribution in [0.15, 0.2) is 0 Å². The Morgan fingerprint density at radius 2 is 1.08 bits per heavy atom. The molecular weight excluding hydrogens is 346 g/mol. The molecule has 13 nitrogen and oxygen atoms in total. The fraction of sp³-hybridized carbons (Fsp3) is 0.667. The van der Waals surface area contributed by atoms with E-state index in [2.05, 4.69) is 25.4 Å². The number of nitrogens with one attached hydrogen (secondary N) is 3. The summed E-state index contributed by atoms with van der Waals surface area (Å²) in [5.41, 5.74) is 0. The number of carboxylic acids is 2. The molecule has 25 heavy (non-hydrogen) atoms. The topological polar surface area (TPSA) is 204 Å². The number of carbonyl (C=O) groups is 4. The van der Waals surface area contributed by atoms with E-state index in [9.17, 15) is 29.4 Å². The standard InChI is InChI=1S/C12H21N3O10/c16-7(5-24-11(22)3-13-1-9(18)19)15-8(17)6-25-12(23)4-14-2-10(20)21/h7-8,13-17H,1-6H2,(H,18,19)(H,20,21). The molecule has 0 amide bonds. The van der Waals surface area contributed by atoms with Gasteiger partial charge in [0.1, 0.15) is 25.7 Å². The van der Waals surface area contributed by atoms with Gasteiger partial charge in [-0.05, 0) is 0 Å². The van der Waals surface area contributed by atoms with Gasteiger partial charge in [-0.1, -0.05) is 0 Å². The molecule has 0 heterocycles. The summed E-state index contributed by atoms with van der Waals surface area (Å²) in [5, 5.41) is 42.4. The number of rotatable bonds is 14. The molecule has 0 saturated heterocycles. The quantitative estimate of drug-likeness (QED) is 0.115. The van der Waals surface area contributed by atoms with Crippen LogP contribution in [0.3, 0.4) is 0 Å². The molecule has 2 atom stereocenters. The van der Waals surface area contributed by atoms with Gasteiger partial charge in [0.15, 0.2) is 0 Å². The Kier molecular flexibility index (Phi) is 11.8. The highest BCUT2D eigenvalue weighted by Gasteiger charge is 2.15. The van der Waals surface area contributed by atoms with Crippen molar-refractivity contribution in [2.24, 2.45) is 0 Å². The normalized spacial score (nSPS) is 12.9. The van der Waals surface area contributed by atoms with Gasteiger partial charge in [0, 0.05) is 0 Å². The van der Waals surface area contributed by atoms with Crippen molar-refractivity contribution in [3.8, 4) is 0 Å². The Morgan fingerprint density at radius 1 is 0.720 bits per heavy atom. The monoisotopic (exact) mass is 367 g/mol. The zero-order valence-corrected chi connectivity index (χ0v) is 13.1. The van der Waals surface area contributed by atoms with Crippen LogP contribution in [0.1, 0.15) is 0 Å². The third kappa shape index (κ3) is 15.0. The van der Waals surface area contributed by atoms with Gasteiger partial charge >= 0.3 is 23.9 Å². The Hall–Kier alpha value is -2.32. The first kappa shape index (κ1) is 22.7. The van der Waals surface area contributed by atoms with Crippen molar-refractivity contribution in [3.63, 3.8) is 0 Å². The molecule has 13 heteroatoms. The van der Waals surface area contributed by atoms with E-state index in [1.807, 2.05) is 0 Å². The number of carboxylic acid groups (broad SMARTS) is 2. The lowest BCUT2D eigenvalue weighted by Gasteiger charge is -2.18. The minimum Gasteiger partial charge on any atom is -0.480 e. The molecule has 0 spiro atoms. The highest BCUT2D eigenvalue weighted by Crippen LogP contribution is 1.88. The molecule has 0 fully saturated rings. The van der Waals surface area contributed by atoms with Crippen molar-refractivity contribution in [2.45, 2.75) is 12.5 Å². The van der Waals surface area contributed by atoms with Crippen LogP contribution in [0.5, 0.6) is 0 Å². The van der Waals surface area contributed by atoms with Crippen LogP contribution < -0.4 is 16.0 Å². The van der Waals surface area contributed by atoms with E-state index in [-0.39, 0.29) is 13.1 Å². The first-order valence-corrected chi connectivity index (χ1v) is 6.99. The number of hydrogen-bond acceptors (Lipinski definition) is 11. The van der Waals surface area contributed by atoms with Crippen molar-refractivity contribution in [1.82, 2.24) is 16.0 Å². The molecule has 2 unspecified atom stereocenters. The number of esters is 2. The lowest BCUT2D eigenvalue weighted by atomic mass is 10.5. The summed E-state index contributed by atoms with van der Waals surface area (Å²) in [7, 11) is 0.